The van der Waals surface area contributed by atoms with Gasteiger partial charge in [0.2, 0.25) is 0 Å². The Kier molecular flexibility index (Phi) is 5.24. The SMILES string of the molecule is CC(CO)NC(=O)NC1CCN(c2ccccc2)CC1. The number of nitrogens with zero attached hydrogens (tertiary/aromatic N) is 1. The lowest BCUT2D eigenvalue weighted by Gasteiger charge is -2.34. The van der Waals surface area contributed by atoms with Crippen LogP contribution in [0.5, 0.6) is 0 Å². The molecule has 20 heavy (non-hydrogen) atoms. The van der Waals surface area contributed by atoms with Crippen LogP contribution >= 0.6 is 0 Å². The number of nitrogens with one attached hydrogen (secondary N) is 2. The number of amides is 2. The number of hydrogen-bond acceptors (Lipinski definition) is 3. The molecule has 1 aromatic carbocycles. The van der Waals surface area contributed by atoms with E-state index in [1.54, 1.807) is 6.92 Å². The van der Waals surface area contributed by atoms with Crippen LogP contribution in [-0.2, 0) is 0 Å². The molecule has 1 aliphatic rings. The normalized spacial score (nSPS) is 17.6. The van der Waals surface area contributed by atoms with Gasteiger partial charge in [0.25, 0.3) is 0 Å². The lowest BCUT2D eigenvalue weighted by molar-refractivity contribution is 0.215. The number of rotatable bonds is 4. The highest BCUT2D eigenvalue weighted by Gasteiger charge is 2.21. The highest BCUT2D eigenvalue weighted by Crippen LogP contribution is 2.19. The molecule has 1 aromatic rings. The van der Waals surface area contributed by atoms with Crippen LogP contribution in [0.4, 0.5) is 10.5 Å². The Morgan fingerprint density at radius 2 is 2.00 bits per heavy atom. The number of urea groups is 1. The predicted octanol–water partition coefficient (Wildman–Crippen LogP) is 1.34. The molecule has 1 saturated heterocycles. The minimum atomic E-state index is -0.209. The summed E-state index contributed by atoms with van der Waals surface area (Å²) < 4.78 is 0. The number of aliphatic hydroxyl groups excluding tert-OH is 1. The predicted molar refractivity (Wildman–Crippen MR) is 79.9 cm³/mol. The van der Waals surface area contributed by atoms with Crippen molar-refractivity contribution in [3.63, 3.8) is 0 Å². The van der Waals surface area contributed by atoms with E-state index in [0.717, 1.165) is 25.9 Å². The highest BCUT2D eigenvalue weighted by molar-refractivity contribution is 5.74. The van der Waals surface area contributed by atoms with E-state index in [1.165, 1.54) is 5.69 Å². The zero-order valence-corrected chi connectivity index (χ0v) is 11.9. The molecule has 1 atom stereocenters. The molecule has 0 aliphatic carbocycles. The Morgan fingerprint density at radius 3 is 2.60 bits per heavy atom. The van der Waals surface area contributed by atoms with Gasteiger partial charge < -0.3 is 20.6 Å². The van der Waals surface area contributed by atoms with E-state index in [-0.39, 0.29) is 24.7 Å². The summed E-state index contributed by atoms with van der Waals surface area (Å²) in [7, 11) is 0. The van der Waals surface area contributed by atoms with E-state index >= 15 is 0 Å². The quantitative estimate of drug-likeness (QED) is 0.778. The summed E-state index contributed by atoms with van der Waals surface area (Å²) in [6, 6.07) is 10.1. The molecule has 1 heterocycles. The average molecular weight is 277 g/mol. The van der Waals surface area contributed by atoms with Crippen molar-refractivity contribution in [2.24, 2.45) is 0 Å². The molecule has 0 aromatic heterocycles. The standard InChI is InChI=1S/C15H23N3O2/c1-12(11-19)16-15(20)17-13-7-9-18(10-8-13)14-5-3-2-4-6-14/h2-6,12-13,19H,7-11H2,1H3,(H2,16,17,20). The number of carbonyl (C=O) groups excluding carboxylic acids is 1. The fraction of sp³-hybridized carbons (Fsp3) is 0.533. The summed E-state index contributed by atoms with van der Waals surface area (Å²) in [5.41, 5.74) is 1.24. The van der Waals surface area contributed by atoms with Crippen molar-refractivity contribution in [2.45, 2.75) is 31.8 Å². The van der Waals surface area contributed by atoms with Crippen molar-refractivity contribution in [3.05, 3.63) is 30.3 Å². The monoisotopic (exact) mass is 277 g/mol. The van der Waals surface area contributed by atoms with Crippen LogP contribution in [0.3, 0.4) is 0 Å². The van der Waals surface area contributed by atoms with E-state index in [1.807, 2.05) is 18.2 Å². The van der Waals surface area contributed by atoms with Crippen molar-refractivity contribution in [1.29, 1.82) is 0 Å². The molecule has 0 saturated carbocycles. The molecule has 110 valence electrons. The molecule has 1 aliphatic heterocycles. The number of carbonyl (C=O) groups is 1. The van der Waals surface area contributed by atoms with E-state index in [0.29, 0.717) is 0 Å². The Morgan fingerprint density at radius 1 is 1.35 bits per heavy atom. The second-order valence-electron chi connectivity index (χ2n) is 5.30. The van der Waals surface area contributed by atoms with Crippen molar-refractivity contribution in [1.82, 2.24) is 10.6 Å². The van der Waals surface area contributed by atoms with Gasteiger partial charge in [-0.3, -0.25) is 0 Å². The topological polar surface area (TPSA) is 64.6 Å². The van der Waals surface area contributed by atoms with Gasteiger partial charge in [-0.15, -0.1) is 0 Å². The second-order valence-corrected chi connectivity index (χ2v) is 5.30. The summed E-state index contributed by atoms with van der Waals surface area (Å²) in [6.07, 6.45) is 1.88. The fourth-order valence-corrected chi connectivity index (χ4v) is 2.42. The zero-order chi connectivity index (χ0) is 14.4. The molecule has 1 unspecified atom stereocenters. The molecule has 2 amide bonds. The third kappa shape index (κ3) is 4.13. The van der Waals surface area contributed by atoms with Crippen LogP contribution in [0.1, 0.15) is 19.8 Å². The molecular formula is C15H23N3O2. The molecule has 0 spiro atoms. The Balaban J connectivity index is 1.76. The third-order valence-electron chi connectivity index (χ3n) is 3.60. The van der Waals surface area contributed by atoms with E-state index in [2.05, 4.69) is 27.7 Å². The van der Waals surface area contributed by atoms with Gasteiger partial charge in [-0.2, -0.15) is 0 Å². The van der Waals surface area contributed by atoms with Crippen LogP contribution in [-0.4, -0.2) is 42.9 Å². The van der Waals surface area contributed by atoms with Crippen LogP contribution in [0.2, 0.25) is 0 Å². The first kappa shape index (κ1) is 14.7. The van der Waals surface area contributed by atoms with E-state index in [4.69, 9.17) is 5.11 Å². The second kappa shape index (κ2) is 7.14. The van der Waals surface area contributed by atoms with Gasteiger partial charge in [0.15, 0.2) is 0 Å². The van der Waals surface area contributed by atoms with Gasteiger partial charge >= 0.3 is 6.03 Å². The first-order valence-corrected chi connectivity index (χ1v) is 7.17. The van der Waals surface area contributed by atoms with Gasteiger partial charge in [-0.1, -0.05) is 18.2 Å². The molecular weight excluding hydrogens is 254 g/mol. The molecule has 2 rings (SSSR count). The zero-order valence-electron chi connectivity index (χ0n) is 11.9. The summed E-state index contributed by atoms with van der Waals surface area (Å²) in [6.45, 7) is 3.63. The van der Waals surface area contributed by atoms with Gasteiger partial charge in [0.1, 0.15) is 0 Å². The van der Waals surface area contributed by atoms with Crippen molar-refractivity contribution >= 4 is 11.7 Å². The maximum absolute atomic E-state index is 11.7. The van der Waals surface area contributed by atoms with Crippen LogP contribution in [0.25, 0.3) is 0 Å². The number of benzene rings is 1. The molecule has 1 fully saturated rings. The number of piperidine rings is 1. The van der Waals surface area contributed by atoms with Crippen molar-refractivity contribution in [2.75, 3.05) is 24.6 Å². The minimum absolute atomic E-state index is 0.0418. The maximum atomic E-state index is 11.7. The number of anilines is 1. The lowest BCUT2D eigenvalue weighted by Crippen LogP contribution is -2.50. The van der Waals surface area contributed by atoms with E-state index < -0.39 is 0 Å². The first-order valence-electron chi connectivity index (χ1n) is 7.17. The molecule has 3 N–H and O–H groups in total. The van der Waals surface area contributed by atoms with Gasteiger partial charge in [0.05, 0.1) is 12.6 Å². The van der Waals surface area contributed by atoms with Gasteiger partial charge in [-0.05, 0) is 31.9 Å². The molecule has 0 radical (unpaired) electrons. The van der Waals surface area contributed by atoms with Crippen LogP contribution in [0, 0.1) is 0 Å². The maximum Gasteiger partial charge on any atom is 0.315 e. The number of para-hydroxylation sites is 1. The van der Waals surface area contributed by atoms with Crippen LogP contribution < -0.4 is 15.5 Å². The summed E-state index contributed by atoms with van der Waals surface area (Å²) in [5.74, 6) is 0. The first-order chi connectivity index (χ1) is 9.69. The number of aliphatic hydroxyl groups is 1. The smallest absolute Gasteiger partial charge is 0.315 e. The van der Waals surface area contributed by atoms with E-state index in [9.17, 15) is 4.79 Å². The Labute approximate surface area is 120 Å². The van der Waals surface area contributed by atoms with Crippen LogP contribution in [0.15, 0.2) is 30.3 Å². The highest BCUT2D eigenvalue weighted by atomic mass is 16.3. The van der Waals surface area contributed by atoms with Crippen molar-refractivity contribution in [3.8, 4) is 0 Å². The Hall–Kier alpha value is -1.75. The van der Waals surface area contributed by atoms with Crippen molar-refractivity contribution < 1.29 is 9.90 Å². The lowest BCUT2D eigenvalue weighted by atomic mass is 10.0. The third-order valence-corrected chi connectivity index (χ3v) is 3.60. The summed E-state index contributed by atoms with van der Waals surface area (Å²) in [5, 5.41) is 14.6. The van der Waals surface area contributed by atoms with Gasteiger partial charge in [0, 0.05) is 24.8 Å². The number of hydrogen-bond donors (Lipinski definition) is 3. The van der Waals surface area contributed by atoms with Gasteiger partial charge in [-0.25, -0.2) is 4.79 Å². The Bertz CT molecular complexity index is 416. The largest absolute Gasteiger partial charge is 0.394 e. The minimum Gasteiger partial charge on any atom is -0.394 e. The fourth-order valence-electron chi connectivity index (χ4n) is 2.42. The summed E-state index contributed by atoms with van der Waals surface area (Å²) in [4.78, 5) is 14.0. The molecule has 5 nitrogen and oxygen atoms in total. The molecule has 5 heteroatoms. The average Bonchev–Trinajstić information content (AvgIpc) is 2.48. The molecule has 0 bridgehead atoms. The summed E-state index contributed by atoms with van der Waals surface area (Å²) >= 11 is 0.